The highest BCUT2D eigenvalue weighted by Gasteiger charge is 2.33. The fourth-order valence-electron chi connectivity index (χ4n) is 4.10. The molecule has 2 heterocycles. The second-order valence-electron chi connectivity index (χ2n) is 7.47. The second kappa shape index (κ2) is 9.35. The van der Waals surface area contributed by atoms with Crippen molar-refractivity contribution in [2.75, 3.05) is 45.9 Å². The van der Waals surface area contributed by atoms with E-state index in [1.807, 2.05) is 6.92 Å². The molecule has 25 heavy (non-hydrogen) atoms. The molecule has 0 N–H and O–H groups in total. The molecule has 138 valence electrons. The van der Waals surface area contributed by atoms with Gasteiger partial charge in [0.15, 0.2) is 0 Å². The van der Waals surface area contributed by atoms with Gasteiger partial charge in [-0.25, -0.2) is 0 Å². The molecule has 2 aliphatic rings. The highest BCUT2D eigenvalue weighted by atomic mass is 16.5. The van der Waals surface area contributed by atoms with Gasteiger partial charge >= 0.3 is 0 Å². The Morgan fingerprint density at radius 2 is 2.00 bits per heavy atom. The lowest BCUT2D eigenvalue weighted by Crippen LogP contribution is -2.44. The second-order valence-corrected chi connectivity index (χ2v) is 7.47. The van der Waals surface area contributed by atoms with E-state index in [1.165, 1.54) is 5.56 Å². The maximum atomic E-state index is 12.9. The molecule has 1 aromatic rings. The largest absolute Gasteiger partial charge is 0.381 e. The Bertz CT molecular complexity index is 534. The molecule has 2 saturated heterocycles. The molecule has 1 amide bonds. The first-order valence-electron chi connectivity index (χ1n) is 9.89. The predicted molar refractivity (Wildman–Crippen MR) is 100 cm³/mol. The number of piperidine rings is 1. The van der Waals surface area contributed by atoms with E-state index in [0.717, 1.165) is 71.6 Å². The predicted octanol–water partition coefficient (Wildman–Crippen LogP) is 2.83. The number of carbonyl (C=O) groups excluding carboxylic acids is 1. The molecule has 0 spiro atoms. The standard InChI is InChI=1S/C21H32N2O2/c1-2-25-17-19-11-14-23(15-19)21(24)20-9-6-12-22(16-20)13-10-18-7-4-3-5-8-18/h3-5,7-8,19-20H,2,6,9-17H2,1H3/t19-,20-/m1/s1. The molecule has 2 fully saturated rings. The van der Waals surface area contributed by atoms with Crippen molar-refractivity contribution < 1.29 is 9.53 Å². The number of hydrogen-bond donors (Lipinski definition) is 0. The Kier molecular flexibility index (Phi) is 6.88. The zero-order valence-corrected chi connectivity index (χ0v) is 15.5. The summed E-state index contributed by atoms with van der Waals surface area (Å²) in [6, 6.07) is 10.6. The molecule has 0 aromatic heterocycles. The third-order valence-corrected chi connectivity index (χ3v) is 5.57. The average molecular weight is 344 g/mol. The number of likely N-dealkylation sites (tertiary alicyclic amines) is 2. The van der Waals surface area contributed by atoms with E-state index in [1.54, 1.807) is 0 Å². The average Bonchev–Trinajstić information content (AvgIpc) is 3.14. The molecule has 1 aromatic carbocycles. The lowest BCUT2D eigenvalue weighted by Gasteiger charge is -2.34. The van der Waals surface area contributed by atoms with Gasteiger partial charge in [-0.15, -0.1) is 0 Å². The molecule has 3 rings (SSSR count). The summed E-state index contributed by atoms with van der Waals surface area (Å²) in [6.45, 7) is 8.51. The SMILES string of the molecule is CCOC[C@@H]1CCN(C(=O)[C@@H]2CCCN(CCc3ccccc3)C2)C1. The van der Waals surface area contributed by atoms with Gasteiger partial charge in [0.1, 0.15) is 0 Å². The van der Waals surface area contributed by atoms with E-state index >= 15 is 0 Å². The molecule has 0 radical (unpaired) electrons. The highest BCUT2D eigenvalue weighted by Crippen LogP contribution is 2.24. The van der Waals surface area contributed by atoms with Crippen LogP contribution < -0.4 is 0 Å². The smallest absolute Gasteiger partial charge is 0.226 e. The van der Waals surface area contributed by atoms with Gasteiger partial charge in [-0.1, -0.05) is 30.3 Å². The lowest BCUT2D eigenvalue weighted by atomic mass is 9.96. The van der Waals surface area contributed by atoms with Gasteiger partial charge in [0.25, 0.3) is 0 Å². The van der Waals surface area contributed by atoms with Crippen LogP contribution in [0.5, 0.6) is 0 Å². The van der Waals surface area contributed by atoms with Gasteiger partial charge in [-0.3, -0.25) is 4.79 Å². The first-order valence-corrected chi connectivity index (χ1v) is 9.89. The molecule has 0 aliphatic carbocycles. The zero-order chi connectivity index (χ0) is 17.5. The molecule has 2 aliphatic heterocycles. The quantitative estimate of drug-likeness (QED) is 0.762. The van der Waals surface area contributed by atoms with Crippen molar-refractivity contribution in [3.63, 3.8) is 0 Å². The summed E-state index contributed by atoms with van der Waals surface area (Å²) in [6.07, 6.45) is 4.35. The van der Waals surface area contributed by atoms with E-state index in [0.29, 0.717) is 11.8 Å². The maximum Gasteiger partial charge on any atom is 0.226 e. The van der Waals surface area contributed by atoms with E-state index < -0.39 is 0 Å². The normalized spacial score (nSPS) is 24.6. The number of amides is 1. The van der Waals surface area contributed by atoms with Crippen LogP contribution in [0, 0.1) is 11.8 Å². The van der Waals surface area contributed by atoms with Gasteiger partial charge in [-0.05, 0) is 44.7 Å². The Morgan fingerprint density at radius 3 is 2.80 bits per heavy atom. The van der Waals surface area contributed by atoms with Crippen molar-refractivity contribution in [1.29, 1.82) is 0 Å². The van der Waals surface area contributed by atoms with Crippen molar-refractivity contribution in [2.45, 2.75) is 32.6 Å². The monoisotopic (exact) mass is 344 g/mol. The Labute approximate surface area is 152 Å². The molecule has 0 bridgehead atoms. The highest BCUT2D eigenvalue weighted by molar-refractivity contribution is 5.79. The number of hydrogen-bond acceptors (Lipinski definition) is 3. The van der Waals surface area contributed by atoms with Gasteiger partial charge in [0, 0.05) is 38.7 Å². The van der Waals surface area contributed by atoms with E-state index in [-0.39, 0.29) is 5.92 Å². The van der Waals surface area contributed by atoms with Crippen molar-refractivity contribution in [3.05, 3.63) is 35.9 Å². The van der Waals surface area contributed by atoms with Crippen molar-refractivity contribution in [1.82, 2.24) is 9.80 Å². The number of nitrogens with zero attached hydrogens (tertiary/aromatic N) is 2. The minimum Gasteiger partial charge on any atom is -0.381 e. The van der Waals surface area contributed by atoms with Crippen LogP contribution in [0.2, 0.25) is 0 Å². The fourth-order valence-corrected chi connectivity index (χ4v) is 4.10. The van der Waals surface area contributed by atoms with Crippen LogP contribution >= 0.6 is 0 Å². The van der Waals surface area contributed by atoms with Crippen molar-refractivity contribution >= 4 is 5.91 Å². The van der Waals surface area contributed by atoms with Crippen LogP contribution in [-0.4, -0.2) is 61.6 Å². The topological polar surface area (TPSA) is 32.8 Å². The van der Waals surface area contributed by atoms with Gasteiger partial charge in [0.05, 0.1) is 12.5 Å². The molecule has 4 heteroatoms. The van der Waals surface area contributed by atoms with E-state index in [2.05, 4.69) is 40.1 Å². The molecule has 0 unspecified atom stereocenters. The number of ether oxygens (including phenoxy) is 1. The summed E-state index contributed by atoms with van der Waals surface area (Å²) in [4.78, 5) is 17.5. The third kappa shape index (κ3) is 5.29. The van der Waals surface area contributed by atoms with Crippen LogP contribution in [0.1, 0.15) is 31.7 Å². The summed E-state index contributed by atoms with van der Waals surface area (Å²) < 4.78 is 5.54. The van der Waals surface area contributed by atoms with Crippen LogP contribution in [0.15, 0.2) is 30.3 Å². The van der Waals surface area contributed by atoms with Gasteiger partial charge in [0.2, 0.25) is 5.91 Å². The van der Waals surface area contributed by atoms with Crippen LogP contribution in [0.3, 0.4) is 0 Å². The Balaban J connectivity index is 1.45. The van der Waals surface area contributed by atoms with Crippen LogP contribution in [-0.2, 0) is 16.0 Å². The van der Waals surface area contributed by atoms with Gasteiger partial charge < -0.3 is 14.5 Å². The van der Waals surface area contributed by atoms with Crippen LogP contribution in [0.4, 0.5) is 0 Å². The first-order chi connectivity index (χ1) is 12.3. The summed E-state index contributed by atoms with van der Waals surface area (Å²) in [5.41, 5.74) is 1.38. The van der Waals surface area contributed by atoms with Gasteiger partial charge in [-0.2, -0.15) is 0 Å². The molecular formula is C21H32N2O2. The minimum atomic E-state index is 0.190. The minimum absolute atomic E-state index is 0.190. The lowest BCUT2D eigenvalue weighted by molar-refractivity contribution is -0.136. The van der Waals surface area contributed by atoms with E-state index in [4.69, 9.17) is 4.74 Å². The molecule has 0 saturated carbocycles. The number of benzene rings is 1. The Hall–Kier alpha value is -1.39. The molecule has 4 nitrogen and oxygen atoms in total. The van der Waals surface area contributed by atoms with E-state index in [9.17, 15) is 4.79 Å². The number of carbonyl (C=O) groups is 1. The van der Waals surface area contributed by atoms with Crippen LogP contribution in [0.25, 0.3) is 0 Å². The summed E-state index contributed by atoms with van der Waals surface area (Å²) in [5, 5.41) is 0. The fraction of sp³-hybridized carbons (Fsp3) is 0.667. The summed E-state index contributed by atoms with van der Waals surface area (Å²) >= 11 is 0. The zero-order valence-electron chi connectivity index (χ0n) is 15.5. The number of rotatable bonds is 7. The molecular weight excluding hydrogens is 312 g/mol. The maximum absolute atomic E-state index is 12.9. The van der Waals surface area contributed by atoms with Crippen molar-refractivity contribution in [2.24, 2.45) is 11.8 Å². The third-order valence-electron chi connectivity index (χ3n) is 5.57. The first kappa shape index (κ1) is 18.4. The summed E-state index contributed by atoms with van der Waals surface area (Å²) in [7, 11) is 0. The van der Waals surface area contributed by atoms with Crippen molar-refractivity contribution in [3.8, 4) is 0 Å². The molecule has 2 atom stereocenters. The summed E-state index contributed by atoms with van der Waals surface area (Å²) in [5.74, 6) is 1.10. The Morgan fingerprint density at radius 1 is 1.16 bits per heavy atom.